The molecule has 0 radical (unpaired) electrons. The number of amides is 1. The number of ether oxygens (including phenoxy) is 3. The van der Waals surface area contributed by atoms with Gasteiger partial charge in [-0.15, -0.1) is 0 Å². The van der Waals surface area contributed by atoms with Gasteiger partial charge in [-0.3, -0.25) is 4.79 Å². The molecule has 8 nitrogen and oxygen atoms in total. The van der Waals surface area contributed by atoms with Crippen molar-refractivity contribution in [2.45, 2.75) is 4.90 Å². The molecule has 0 saturated carbocycles. The van der Waals surface area contributed by atoms with Crippen LogP contribution in [0.25, 0.3) is 0 Å². The number of benzene rings is 1. The smallest absolute Gasteiger partial charge is 0.243 e. The first-order valence-electron chi connectivity index (χ1n) is 6.24. The molecule has 0 fully saturated rings. The van der Waals surface area contributed by atoms with E-state index in [1.54, 1.807) is 6.07 Å². The number of nitrogens with one attached hydrogen (secondary N) is 1. The van der Waals surface area contributed by atoms with Crippen LogP contribution in [0, 0.1) is 0 Å². The maximum atomic E-state index is 12.1. The molecule has 1 aliphatic rings. The molecule has 1 amide bonds. The molecule has 0 saturated heterocycles. The molecule has 0 bridgehead atoms. The predicted molar refractivity (Wildman–Crippen MR) is 72.6 cm³/mol. The number of hydrogen-bond donors (Lipinski definition) is 2. The zero-order valence-corrected chi connectivity index (χ0v) is 12.0. The van der Waals surface area contributed by atoms with Crippen molar-refractivity contribution >= 4 is 15.9 Å². The van der Waals surface area contributed by atoms with Crippen molar-refractivity contribution in [1.29, 1.82) is 0 Å². The average Bonchev–Trinajstić information content (AvgIpc) is 2.46. The Labute approximate surface area is 122 Å². The molecule has 1 aromatic rings. The maximum Gasteiger partial charge on any atom is 0.243 e. The van der Waals surface area contributed by atoms with Crippen molar-refractivity contribution in [2.75, 3.05) is 33.0 Å². The van der Waals surface area contributed by atoms with Crippen LogP contribution >= 0.6 is 0 Å². The van der Waals surface area contributed by atoms with Gasteiger partial charge in [0.05, 0.1) is 11.5 Å². The fourth-order valence-electron chi connectivity index (χ4n) is 1.70. The van der Waals surface area contributed by atoms with Gasteiger partial charge >= 0.3 is 0 Å². The minimum Gasteiger partial charge on any atom is -0.486 e. The SMILES string of the molecule is NC(=O)COCCNS(=O)(=O)c1ccc2c(c1)OCCO2. The number of rotatable bonds is 7. The van der Waals surface area contributed by atoms with Crippen LogP contribution in [0.2, 0.25) is 0 Å². The number of carbonyl (C=O) groups excluding carboxylic acids is 1. The van der Waals surface area contributed by atoms with Gasteiger partial charge in [0.2, 0.25) is 15.9 Å². The number of primary amides is 1. The topological polar surface area (TPSA) is 117 Å². The molecule has 3 N–H and O–H groups in total. The first-order valence-corrected chi connectivity index (χ1v) is 7.73. The first kappa shape index (κ1) is 15.5. The molecule has 21 heavy (non-hydrogen) atoms. The van der Waals surface area contributed by atoms with Gasteiger partial charge in [-0.05, 0) is 12.1 Å². The zero-order valence-electron chi connectivity index (χ0n) is 11.2. The van der Waals surface area contributed by atoms with Gasteiger partial charge in [0.25, 0.3) is 0 Å². The summed E-state index contributed by atoms with van der Waals surface area (Å²) in [5, 5.41) is 0. The summed E-state index contributed by atoms with van der Waals surface area (Å²) in [6.07, 6.45) is 0. The molecule has 0 atom stereocenters. The van der Waals surface area contributed by atoms with E-state index in [4.69, 9.17) is 19.9 Å². The van der Waals surface area contributed by atoms with E-state index in [1.807, 2.05) is 0 Å². The number of carbonyl (C=O) groups is 1. The van der Waals surface area contributed by atoms with Crippen LogP contribution in [-0.4, -0.2) is 47.3 Å². The Morgan fingerprint density at radius 3 is 2.71 bits per heavy atom. The van der Waals surface area contributed by atoms with Gasteiger partial charge in [-0.25, -0.2) is 13.1 Å². The molecule has 2 rings (SSSR count). The van der Waals surface area contributed by atoms with Crippen molar-refractivity contribution in [1.82, 2.24) is 4.72 Å². The maximum absolute atomic E-state index is 12.1. The van der Waals surface area contributed by atoms with E-state index >= 15 is 0 Å². The van der Waals surface area contributed by atoms with Crippen molar-refractivity contribution in [3.05, 3.63) is 18.2 Å². The summed E-state index contributed by atoms with van der Waals surface area (Å²) in [4.78, 5) is 10.5. The lowest BCUT2D eigenvalue weighted by Crippen LogP contribution is -2.29. The highest BCUT2D eigenvalue weighted by molar-refractivity contribution is 7.89. The molecule has 0 aromatic heterocycles. The minimum absolute atomic E-state index is 0.0318. The largest absolute Gasteiger partial charge is 0.486 e. The summed E-state index contributed by atoms with van der Waals surface area (Å²) in [6.45, 7) is 0.655. The lowest BCUT2D eigenvalue weighted by molar-refractivity contribution is -0.122. The molecule has 9 heteroatoms. The second-order valence-electron chi connectivity index (χ2n) is 4.22. The summed E-state index contributed by atoms with van der Waals surface area (Å²) in [6, 6.07) is 4.38. The van der Waals surface area contributed by atoms with E-state index in [0.717, 1.165) is 0 Å². The Hall–Kier alpha value is -1.84. The van der Waals surface area contributed by atoms with Crippen LogP contribution < -0.4 is 19.9 Å². The minimum atomic E-state index is -3.68. The van der Waals surface area contributed by atoms with E-state index < -0.39 is 15.9 Å². The van der Waals surface area contributed by atoms with Crippen LogP contribution in [0.5, 0.6) is 11.5 Å². The molecule has 1 aromatic carbocycles. The van der Waals surface area contributed by atoms with Crippen LogP contribution in [0.1, 0.15) is 0 Å². The second-order valence-corrected chi connectivity index (χ2v) is 5.99. The van der Waals surface area contributed by atoms with Crippen molar-refractivity contribution in [3.63, 3.8) is 0 Å². The van der Waals surface area contributed by atoms with Gasteiger partial charge in [-0.1, -0.05) is 0 Å². The van der Waals surface area contributed by atoms with Crippen LogP contribution in [-0.2, 0) is 19.6 Å². The number of sulfonamides is 1. The average molecular weight is 316 g/mol. The van der Waals surface area contributed by atoms with Gasteiger partial charge in [0.15, 0.2) is 11.5 Å². The number of hydrogen-bond acceptors (Lipinski definition) is 6. The molecule has 1 heterocycles. The normalized spacial score (nSPS) is 13.9. The predicted octanol–water partition coefficient (Wildman–Crippen LogP) is -0.762. The third-order valence-electron chi connectivity index (χ3n) is 2.61. The van der Waals surface area contributed by atoms with Crippen LogP contribution in [0.15, 0.2) is 23.1 Å². The summed E-state index contributed by atoms with van der Waals surface area (Å²) in [5.41, 5.74) is 4.89. The quantitative estimate of drug-likeness (QED) is 0.639. The van der Waals surface area contributed by atoms with E-state index in [0.29, 0.717) is 24.7 Å². The fourth-order valence-corrected chi connectivity index (χ4v) is 2.72. The van der Waals surface area contributed by atoms with Crippen LogP contribution in [0.3, 0.4) is 0 Å². The third-order valence-corrected chi connectivity index (χ3v) is 4.07. The second kappa shape index (κ2) is 6.74. The molecule has 116 valence electrons. The highest BCUT2D eigenvalue weighted by atomic mass is 32.2. The molecule has 0 spiro atoms. The Morgan fingerprint density at radius 1 is 1.29 bits per heavy atom. The molecular formula is C12H16N2O6S. The first-order chi connectivity index (χ1) is 9.99. The molecular weight excluding hydrogens is 300 g/mol. The Morgan fingerprint density at radius 2 is 2.00 bits per heavy atom. The molecule has 1 aliphatic heterocycles. The highest BCUT2D eigenvalue weighted by Crippen LogP contribution is 2.32. The van der Waals surface area contributed by atoms with Crippen molar-refractivity contribution in [2.24, 2.45) is 5.73 Å². The van der Waals surface area contributed by atoms with E-state index in [9.17, 15) is 13.2 Å². The summed E-state index contributed by atoms with van der Waals surface area (Å²) in [7, 11) is -3.68. The Balaban J connectivity index is 1.94. The number of nitrogens with two attached hydrogens (primary N) is 1. The zero-order chi connectivity index (χ0) is 15.3. The lowest BCUT2D eigenvalue weighted by atomic mass is 10.3. The van der Waals surface area contributed by atoms with Gasteiger partial charge in [-0.2, -0.15) is 0 Å². The standard InChI is InChI=1S/C12H16N2O6S/c13-12(15)8-18-4-3-14-21(16,17)9-1-2-10-11(7-9)20-6-5-19-10/h1-2,7,14H,3-6,8H2,(H2,13,15). The fraction of sp³-hybridized carbons (Fsp3) is 0.417. The summed E-state index contributed by atoms with van der Waals surface area (Å²) >= 11 is 0. The lowest BCUT2D eigenvalue weighted by Gasteiger charge is -2.18. The van der Waals surface area contributed by atoms with Crippen LogP contribution in [0.4, 0.5) is 0 Å². The third kappa shape index (κ3) is 4.31. The van der Waals surface area contributed by atoms with E-state index in [1.165, 1.54) is 12.1 Å². The van der Waals surface area contributed by atoms with E-state index in [2.05, 4.69) is 4.72 Å². The van der Waals surface area contributed by atoms with Gasteiger partial charge in [0, 0.05) is 12.6 Å². The van der Waals surface area contributed by atoms with Crippen molar-refractivity contribution < 1.29 is 27.4 Å². The van der Waals surface area contributed by atoms with Gasteiger partial charge < -0.3 is 19.9 Å². The Kier molecular flexibility index (Phi) is 4.99. The van der Waals surface area contributed by atoms with Gasteiger partial charge in [0.1, 0.15) is 19.8 Å². The summed E-state index contributed by atoms with van der Waals surface area (Å²) < 4.78 is 42.0. The monoisotopic (exact) mass is 316 g/mol. The summed E-state index contributed by atoms with van der Waals surface area (Å²) in [5.74, 6) is 0.309. The molecule has 0 unspecified atom stereocenters. The highest BCUT2D eigenvalue weighted by Gasteiger charge is 2.18. The Bertz CT molecular complexity index is 616. The number of fused-ring (bicyclic) bond motifs is 1. The molecule has 0 aliphatic carbocycles. The van der Waals surface area contributed by atoms with Crippen molar-refractivity contribution in [3.8, 4) is 11.5 Å². The van der Waals surface area contributed by atoms with E-state index in [-0.39, 0.29) is 24.7 Å².